The van der Waals surface area contributed by atoms with Gasteiger partial charge in [0.1, 0.15) is 0 Å². The third kappa shape index (κ3) is 2.82. The molecule has 0 atom stereocenters. The van der Waals surface area contributed by atoms with Crippen molar-refractivity contribution in [2.75, 3.05) is 26.4 Å². The Labute approximate surface area is 88.9 Å². The molecule has 1 aromatic carbocycles. The molecular weight excluding hydrogens is 243 g/mol. The van der Waals surface area contributed by atoms with E-state index >= 15 is 0 Å². The van der Waals surface area contributed by atoms with E-state index in [1.165, 1.54) is 4.35 Å². The van der Waals surface area contributed by atoms with Crippen molar-refractivity contribution in [3.63, 3.8) is 0 Å². The first kappa shape index (κ1) is 10.2. The fraction of sp³-hybridized carbons (Fsp3) is 0.400. The van der Waals surface area contributed by atoms with E-state index in [1.54, 1.807) is 0 Å². The predicted octanol–water partition coefficient (Wildman–Crippen LogP) is 0.445. The average molecular weight is 256 g/mol. The van der Waals surface area contributed by atoms with E-state index in [2.05, 4.69) is 12.1 Å². The Morgan fingerprint density at radius 3 is 2.14 bits per heavy atom. The van der Waals surface area contributed by atoms with Gasteiger partial charge in [-0.3, -0.25) is 0 Å². The molecule has 2 rings (SSSR count). The minimum atomic E-state index is -1.71. The molecule has 1 aromatic rings. The molecule has 0 bridgehead atoms. The maximum atomic E-state index is 5.67. The third-order valence-corrected chi connectivity index (χ3v) is 5.10. The summed E-state index contributed by atoms with van der Waals surface area (Å²) in [6, 6.07) is 10.2. The van der Waals surface area contributed by atoms with Crippen LogP contribution in [0, 0.1) is 0 Å². The van der Waals surface area contributed by atoms with Crippen LogP contribution in [0.3, 0.4) is 0 Å². The molecule has 4 heteroatoms. The summed E-state index contributed by atoms with van der Waals surface area (Å²) in [6.45, 7) is 2.66. The molecule has 1 fully saturated rings. The molecule has 0 aromatic heterocycles. The molecule has 76 valence electrons. The van der Waals surface area contributed by atoms with Crippen LogP contribution < -0.4 is 4.35 Å². The van der Waals surface area contributed by atoms with E-state index in [9.17, 15) is 0 Å². The summed E-state index contributed by atoms with van der Waals surface area (Å²) in [6.07, 6.45) is 0. The van der Waals surface area contributed by atoms with Gasteiger partial charge in [-0.25, -0.2) is 0 Å². The normalized spacial score (nSPS) is 20.0. The molecule has 1 aliphatic rings. The van der Waals surface area contributed by atoms with Crippen molar-refractivity contribution in [1.29, 1.82) is 0 Å². The van der Waals surface area contributed by atoms with Gasteiger partial charge in [0.15, 0.2) is 0 Å². The third-order valence-electron chi connectivity index (χ3n) is 1.84. The quantitative estimate of drug-likeness (QED) is 0.683. The summed E-state index contributed by atoms with van der Waals surface area (Å²) in [5, 5.41) is 0. The molecule has 0 spiro atoms. The van der Waals surface area contributed by atoms with Gasteiger partial charge in [-0.05, 0) is 0 Å². The summed E-state index contributed by atoms with van der Waals surface area (Å²) in [7, 11) is 0. The molecule has 0 unspecified atom stereocenters. The van der Waals surface area contributed by atoms with Gasteiger partial charge in [-0.2, -0.15) is 0 Å². The van der Waals surface area contributed by atoms with Crippen molar-refractivity contribution < 1.29 is 12.2 Å². The van der Waals surface area contributed by atoms with Crippen molar-refractivity contribution in [1.82, 2.24) is 0 Å². The Balaban J connectivity index is 2.01. The Hall–Kier alpha value is -0.342. The van der Waals surface area contributed by atoms with Gasteiger partial charge in [0.25, 0.3) is 0 Å². The van der Waals surface area contributed by atoms with Gasteiger partial charge in [0, 0.05) is 0 Å². The van der Waals surface area contributed by atoms with Gasteiger partial charge in [-0.1, -0.05) is 0 Å². The number of rotatable bonds is 1. The number of ether oxygens (including phenoxy) is 1. The second-order valence-corrected chi connectivity index (χ2v) is 6.12. The van der Waals surface area contributed by atoms with Crippen LogP contribution in [0.2, 0.25) is 0 Å². The zero-order valence-corrected chi connectivity index (χ0v) is 9.76. The van der Waals surface area contributed by atoms with E-state index in [0.717, 1.165) is 0 Å². The van der Waals surface area contributed by atoms with Crippen LogP contribution in [-0.2, 0) is 12.2 Å². The first-order chi connectivity index (χ1) is 6.97. The minimum absolute atomic E-state index is 0.648. The second-order valence-electron chi connectivity index (χ2n) is 2.87. The second kappa shape index (κ2) is 5.52. The van der Waals surface area contributed by atoms with Crippen molar-refractivity contribution in [2.45, 2.75) is 0 Å². The Morgan fingerprint density at radius 2 is 1.50 bits per heavy atom. The molecule has 14 heavy (non-hydrogen) atoms. The topological polar surface area (TPSA) is 27.7 Å². The first-order valence-corrected chi connectivity index (χ1v) is 7.12. The monoisotopic (exact) mass is 256 g/mol. The van der Waals surface area contributed by atoms with Gasteiger partial charge < -0.3 is 0 Å². The summed E-state index contributed by atoms with van der Waals surface area (Å²) in [5.74, 6) is 0. The van der Waals surface area contributed by atoms with Crippen LogP contribution in [-0.4, -0.2) is 41.8 Å². The summed E-state index contributed by atoms with van der Waals surface area (Å²) in [5.41, 5.74) is 0. The molecule has 0 amide bonds. The van der Waals surface area contributed by atoms with Gasteiger partial charge in [-0.15, -0.1) is 0 Å². The summed E-state index contributed by atoms with van der Waals surface area (Å²) in [4.78, 5) is 0. The van der Waals surface area contributed by atoms with Gasteiger partial charge in [0.2, 0.25) is 0 Å². The fourth-order valence-corrected chi connectivity index (χ4v) is 3.86. The molecule has 3 nitrogen and oxygen atoms in total. The van der Waals surface area contributed by atoms with Gasteiger partial charge >= 0.3 is 88.6 Å². The van der Waals surface area contributed by atoms with Crippen molar-refractivity contribution in [3.05, 3.63) is 30.3 Å². The molecule has 0 N–H and O–H groups in total. The number of hydrogen-bond acceptors (Lipinski definition) is 3. The van der Waals surface area contributed by atoms with E-state index in [4.69, 9.17) is 12.2 Å². The molecule has 1 heterocycles. The van der Waals surface area contributed by atoms with Crippen LogP contribution in [0.15, 0.2) is 30.3 Å². The molecule has 0 radical (unpaired) electrons. The zero-order chi connectivity index (χ0) is 9.64. The number of hydrogen-bond donors (Lipinski definition) is 0. The van der Waals surface area contributed by atoms with Crippen LogP contribution >= 0.6 is 0 Å². The molecular formula is C10H13AsO3. The predicted molar refractivity (Wildman–Crippen MR) is 54.6 cm³/mol. The molecule has 1 saturated heterocycles. The summed E-state index contributed by atoms with van der Waals surface area (Å²) >= 11 is -1.71. The van der Waals surface area contributed by atoms with Crippen LogP contribution in [0.25, 0.3) is 0 Å². The maximum absolute atomic E-state index is 5.67. The average Bonchev–Trinajstić information content (AvgIpc) is 2.18. The zero-order valence-electron chi connectivity index (χ0n) is 7.89. The van der Waals surface area contributed by atoms with Crippen LogP contribution in [0.1, 0.15) is 0 Å². The Morgan fingerprint density at radius 1 is 0.857 bits per heavy atom. The van der Waals surface area contributed by atoms with E-state index < -0.39 is 15.3 Å². The van der Waals surface area contributed by atoms with Crippen molar-refractivity contribution in [3.8, 4) is 0 Å². The van der Waals surface area contributed by atoms with E-state index in [1.807, 2.05) is 18.2 Å². The standard InChI is InChI=1S/C10H13AsO3/c1-2-4-10(5-3-1)11-13-8-6-12-7-9-14-11/h1-5H,6-9H2. The van der Waals surface area contributed by atoms with E-state index in [-0.39, 0.29) is 0 Å². The fourth-order valence-electron chi connectivity index (χ4n) is 1.20. The number of benzene rings is 1. The van der Waals surface area contributed by atoms with E-state index in [0.29, 0.717) is 26.4 Å². The van der Waals surface area contributed by atoms with Crippen LogP contribution in [0.4, 0.5) is 0 Å². The van der Waals surface area contributed by atoms with Crippen molar-refractivity contribution in [2.24, 2.45) is 0 Å². The van der Waals surface area contributed by atoms with Crippen LogP contribution in [0.5, 0.6) is 0 Å². The Bertz CT molecular complexity index is 257. The molecule has 0 aliphatic carbocycles. The Kier molecular flexibility index (Phi) is 4.01. The SMILES string of the molecule is c1ccc([As]2OCCOCCO2)cc1. The first-order valence-electron chi connectivity index (χ1n) is 4.65. The summed E-state index contributed by atoms with van der Waals surface area (Å²) < 4.78 is 17.8. The molecule has 0 saturated carbocycles. The van der Waals surface area contributed by atoms with Crippen molar-refractivity contribution >= 4 is 19.7 Å². The molecule has 1 aliphatic heterocycles. The van der Waals surface area contributed by atoms with Gasteiger partial charge in [0.05, 0.1) is 0 Å².